The molecule has 0 spiro atoms. The molecule has 1 fully saturated rings. The molecule has 1 atom stereocenters. The second-order valence-corrected chi connectivity index (χ2v) is 9.99. The minimum Gasteiger partial charge on any atom is -0.487 e. The summed E-state index contributed by atoms with van der Waals surface area (Å²) in [6, 6.07) is 8.52. The molecule has 2 aliphatic rings. The maximum Gasteiger partial charge on any atom is 0.220 e. The highest BCUT2D eigenvalue weighted by Gasteiger charge is 2.31. The second kappa shape index (κ2) is 8.70. The summed E-state index contributed by atoms with van der Waals surface area (Å²) < 4.78 is 6.01. The predicted octanol–water partition coefficient (Wildman–Crippen LogP) is 3.57. The van der Waals surface area contributed by atoms with E-state index in [1.165, 1.54) is 11.1 Å². The molecule has 1 unspecified atom stereocenters. The minimum atomic E-state index is -0.124. The molecule has 4 rings (SSSR count). The van der Waals surface area contributed by atoms with E-state index >= 15 is 0 Å². The molecule has 1 saturated heterocycles. The number of hydrogen-bond acceptors (Lipinski definition) is 6. The van der Waals surface area contributed by atoms with Crippen molar-refractivity contribution < 1.29 is 9.53 Å². The lowest BCUT2D eigenvalue weighted by Gasteiger charge is -2.24. The van der Waals surface area contributed by atoms with E-state index < -0.39 is 0 Å². The Kier molecular flexibility index (Phi) is 6.12. The first-order valence-electron chi connectivity index (χ1n) is 11.4. The number of rotatable bonds is 6. The van der Waals surface area contributed by atoms with Crippen LogP contribution in [0.25, 0.3) is 0 Å². The van der Waals surface area contributed by atoms with Gasteiger partial charge in [0.25, 0.3) is 0 Å². The third-order valence-corrected chi connectivity index (χ3v) is 6.21. The Morgan fingerprint density at radius 3 is 2.69 bits per heavy atom. The summed E-state index contributed by atoms with van der Waals surface area (Å²) in [5.41, 5.74) is 3.40. The van der Waals surface area contributed by atoms with Crippen molar-refractivity contribution >= 4 is 11.7 Å². The van der Waals surface area contributed by atoms with Crippen LogP contribution in [0.5, 0.6) is 5.75 Å². The Morgan fingerprint density at radius 1 is 1.19 bits per heavy atom. The Morgan fingerprint density at radius 2 is 1.97 bits per heavy atom. The molecule has 2 aliphatic heterocycles. The molecule has 1 aromatic carbocycles. The summed E-state index contributed by atoms with van der Waals surface area (Å²) in [5.74, 6) is 2.73. The maximum atomic E-state index is 12.1. The van der Waals surface area contributed by atoms with Gasteiger partial charge in [-0.1, -0.05) is 12.1 Å². The summed E-state index contributed by atoms with van der Waals surface area (Å²) in [7, 11) is 6.10. The van der Waals surface area contributed by atoms with Crippen molar-refractivity contribution in [3.05, 3.63) is 46.9 Å². The number of amides is 1. The van der Waals surface area contributed by atoms with E-state index in [0.29, 0.717) is 6.54 Å². The Bertz CT molecular complexity index is 1000. The number of nitrogens with zero attached hydrogens (tertiary/aromatic N) is 5. The lowest BCUT2D eigenvalue weighted by atomic mass is 10.00. The fraction of sp³-hybridized carbons (Fsp3) is 0.560. The average Bonchev–Trinajstić information content (AvgIpc) is 3.30. The third-order valence-electron chi connectivity index (χ3n) is 6.21. The van der Waals surface area contributed by atoms with E-state index in [1.54, 1.807) is 6.92 Å². The molecule has 7 nitrogen and oxygen atoms in total. The topological polar surface area (TPSA) is 61.8 Å². The zero-order valence-electron chi connectivity index (χ0n) is 20.2. The van der Waals surface area contributed by atoms with E-state index in [1.807, 2.05) is 30.0 Å². The normalized spacial score (nSPS) is 19.2. The molecule has 0 N–H and O–H groups in total. The first-order valence-corrected chi connectivity index (χ1v) is 11.4. The van der Waals surface area contributed by atoms with Gasteiger partial charge in [-0.25, -0.2) is 9.97 Å². The first-order chi connectivity index (χ1) is 15.1. The number of benzene rings is 1. The van der Waals surface area contributed by atoms with Crippen molar-refractivity contribution in [2.45, 2.75) is 64.8 Å². The highest BCUT2D eigenvalue weighted by Crippen LogP contribution is 2.35. The molecule has 0 aliphatic carbocycles. The monoisotopic (exact) mass is 437 g/mol. The van der Waals surface area contributed by atoms with Crippen LogP contribution in [-0.2, 0) is 24.3 Å². The summed E-state index contributed by atoms with van der Waals surface area (Å²) >= 11 is 0. The van der Waals surface area contributed by atoms with E-state index in [9.17, 15) is 4.79 Å². The standard InChI is InChI=1S/C25H35N5O2/c1-17(31)30-11-7-8-21(30)24-26-20(13-23(27-24)28(4)5)16-29(6)15-18-9-10-22-19(12-18)14-25(2,3)32-22/h9-10,12-13,21H,7-8,11,14-16H2,1-6H3. The average molecular weight is 438 g/mol. The maximum absolute atomic E-state index is 12.1. The summed E-state index contributed by atoms with van der Waals surface area (Å²) in [6.07, 6.45) is 2.85. The van der Waals surface area contributed by atoms with Crippen molar-refractivity contribution in [3.8, 4) is 5.75 Å². The molecule has 7 heteroatoms. The molecule has 2 aromatic rings. The molecule has 0 saturated carbocycles. The smallest absolute Gasteiger partial charge is 0.220 e. The minimum absolute atomic E-state index is 0.0310. The van der Waals surface area contributed by atoms with Crippen LogP contribution >= 0.6 is 0 Å². The van der Waals surface area contributed by atoms with Crippen LogP contribution in [-0.4, -0.2) is 59.0 Å². The molecular formula is C25H35N5O2. The van der Waals surface area contributed by atoms with Gasteiger partial charge in [0.05, 0.1) is 11.7 Å². The molecule has 0 radical (unpaired) electrons. The van der Waals surface area contributed by atoms with Gasteiger partial charge in [-0.2, -0.15) is 0 Å². The van der Waals surface area contributed by atoms with Gasteiger partial charge < -0.3 is 14.5 Å². The Labute approximate surface area is 191 Å². The number of anilines is 1. The van der Waals surface area contributed by atoms with Crippen LogP contribution in [0.2, 0.25) is 0 Å². The van der Waals surface area contributed by atoms with Gasteiger partial charge >= 0.3 is 0 Å². The Balaban J connectivity index is 1.51. The zero-order valence-corrected chi connectivity index (χ0v) is 20.2. The van der Waals surface area contributed by atoms with Gasteiger partial charge in [0.1, 0.15) is 17.2 Å². The molecule has 1 amide bonds. The predicted molar refractivity (Wildman–Crippen MR) is 126 cm³/mol. The van der Waals surface area contributed by atoms with Crippen molar-refractivity contribution in [1.29, 1.82) is 0 Å². The number of carbonyl (C=O) groups excluding carboxylic acids is 1. The van der Waals surface area contributed by atoms with Gasteiger partial charge in [0, 0.05) is 53.1 Å². The van der Waals surface area contributed by atoms with Gasteiger partial charge in [0.15, 0.2) is 5.82 Å². The van der Waals surface area contributed by atoms with Gasteiger partial charge in [-0.3, -0.25) is 9.69 Å². The van der Waals surface area contributed by atoms with Crippen molar-refractivity contribution in [2.75, 3.05) is 32.6 Å². The summed E-state index contributed by atoms with van der Waals surface area (Å²) in [5, 5.41) is 0. The van der Waals surface area contributed by atoms with Gasteiger partial charge in [-0.05, 0) is 50.9 Å². The Hall–Kier alpha value is -2.67. The number of fused-ring (bicyclic) bond motifs is 1. The quantitative estimate of drug-likeness (QED) is 0.689. The van der Waals surface area contributed by atoms with Crippen LogP contribution < -0.4 is 9.64 Å². The number of hydrogen-bond donors (Lipinski definition) is 0. The van der Waals surface area contributed by atoms with E-state index in [-0.39, 0.29) is 17.6 Å². The van der Waals surface area contributed by atoms with Crippen molar-refractivity contribution in [3.63, 3.8) is 0 Å². The number of likely N-dealkylation sites (tertiary alicyclic amines) is 1. The van der Waals surface area contributed by atoms with Crippen molar-refractivity contribution in [1.82, 2.24) is 19.8 Å². The second-order valence-electron chi connectivity index (χ2n) is 9.99. The molecule has 32 heavy (non-hydrogen) atoms. The van der Waals surface area contributed by atoms with Crippen LogP contribution in [0.4, 0.5) is 5.82 Å². The number of aromatic nitrogens is 2. The van der Waals surface area contributed by atoms with Gasteiger partial charge in [-0.15, -0.1) is 0 Å². The highest BCUT2D eigenvalue weighted by atomic mass is 16.5. The number of ether oxygens (including phenoxy) is 1. The van der Waals surface area contributed by atoms with E-state index in [4.69, 9.17) is 14.7 Å². The lowest BCUT2D eigenvalue weighted by molar-refractivity contribution is -0.129. The highest BCUT2D eigenvalue weighted by molar-refractivity contribution is 5.74. The van der Waals surface area contributed by atoms with Crippen LogP contribution in [0.3, 0.4) is 0 Å². The largest absolute Gasteiger partial charge is 0.487 e. The molecule has 0 bridgehead atoms. The molecule has 3 heterocycles. The third kappa shape index (κ3) is 4.88. The SMILES string of the molecule is CC(=O)N1CCCC1c1nc(CN(C)Cc2ccc3c(c2)CC(C)(C)O3)cc(N(C)C)n1. The summed E-state index contributed by atoms with van der Waals surface area (Å²) in [6.45, 7) is 8.21. The number of carbonyl (C=O) groups is 1. The molecular weight excluding hydrogens is 402 g/mol. The molecule has 1 aromatic heterocycles. The van der Waals surface area contributed by atoms with Crippen molar-refractivity contribution in [2.24, 2.45) is 0 Å². The van der Waals surface area contributed by atoms with Crippen LogP contribution in [0.1, 0.15) is 62.3 Å². The fourth-order valence-electron chi connectivity index (χ4n) is 4.78. The van der Waals surface area contributed by atoms with Crippen LogP contribution in [0.15, 0.2) is 24.3 Å². The first kappa shape index (κ1) is 22.5. The van der Waals surface area contributed by atoms with E-state index in [0.717, 1.165) is 55.4 Å². The molecule has 172 valence electrons. The zero-order chi connectivity index (χ0) is 23.0. The summed E-state index contributed by atoms with van der Waals surface area (Å²) in [4.78, 5) is 27.9. The van der Waals surface area contributed by atoms with Gasteiger partial charge in [0.2, 0.25) is 5.91 Å². The lowest BCUT2D eigenvalue weighted by Crippen LogP contribution is -2.30. The fourth-order valence-corrected chi connectivity index (χ4v) is 4.78. The van der Waals surface area contributed by atoms with E-state index in [2.05, 4.69) is 44.0 Å². The van der Waals surface area contributed by atoms with Crippen LogP contribution in [0, 0.1) is 0 Å².